The first kappa shape index (κ1) is 16.4. The normalized spacial score (nSPS) is 11.4. The van der Waals surface area contributed by atoms with Crippen LogP contribution in [-0.2, 0) is 16.0 Å². The minimum absolute atomic E-state index is 0.159. The van der Waals surface area contributed by atoms with Crippen LogP contribution in [0.4, 0.5) is 17.6 Å². The summed E-state index contributed by atoms with van der Waals surface area (Å²) in [5.74, 6) is -0.779. The van der Waals surface area contributed by atoms with Crippen LogP contribution in [-0.4, -0.2) is 31.8 Å². The fraction of sp³-hybridized carbons (Fsp3) is 0.462. The van der Waals surface area contributed by atoms with Gasteiger partial charge in [-0.3, -0.25) is 4.79 Å². The number of carbonyl (C=O) groups excluding carboxylic acids is 1. The lowest BCUT2D eigenvalue weighted by atomic mass is 10.1. The highest BCUT2D eigenvalue weighted by Gasteiger charge is 2.27. The summed E-state index contributed by atoms with van der Waals surface area (Å²) in [4.78, 5) is 11.3. The van der Waals surface area contributed by atoms with E-state index >= 15 is 0 Å². The summed E-state index contributed by atoms with van der Waals surface area (Å²) >= 11 is 0. The second kappa shape index (κ2) is 7.84. The number of halogens is 4. The van der Waals surface area contributed by atoms with Crippen LogP contribution in [0.25, 0.3) is 0 Å². The summed E-state index contributed by atoms with van der Waals surface area (Å²) in [6.45, 7) is -1.44. The molecule has 0 heterocycles. The topological polar surface area (TPSA) is 38.3 Å². The van der Waals surface area contributed by atoms with Crippen molar-refractivity contribution < 1.29 is 27.1 Å². The van der Waals surface area contributed by atoms with Crippen LogP contribution < -0.4 is 5.32 Å². The number of amides is 1. The van der Waals surface area contributed by atoms with Gasteiger partial charge in [-0.05, 0) is 18.1 Å². The molecule has 0 atom stereocenters. The van der Waals surface area contributed by atoms with Crippen molar-refractivity contribution in [1.29, 1.82) is 0 Å². The van der Waals surface area contributed by atoms with E-state index in [1.807, 2.05) is 0 Å². The quantitative estimate of drug-likeness (QED) is 0.619. The average Bonchev–Trinajstić information content (AvgIpc) is 2.36. The molecule has 0 saturated carbocycles. The molecule has 1 amide bonds. The van der Waals surface area contributed by atoms with Gasteiger partial charge in [0.2, 0.25) is 5.91 Å². The number of rotatable bonds is 7. The fourth-order valence-corrected chi connectivity index (χ4v) is 1.48. The maximum Gasteiger partial charge on any atom is 0.411 e. The van der Waals surface area contributed by atoms with Crippen LogP contribution in [0.15, 0.2) is 24.3 Å². The highest BCUT2D eigenvalue weighted by molar-refractivity contribution is 5.75. The smallest absolute Gasteiger partial charge is 0.372 e. The summed E-state index contributed by atoms with van der Waals surface area (Å²) < 4.78 is 52.8. The third-order valence-corrected chi connectivity index (χ3v) is 2.41. The highest BCUT2D eigenvalue weighted by Crippen LogP contribution is 2.14. The Morgan fingerprint density at radius 1 is 1.25 bits per heavy atom. The summed E-state index contributed by atoms with van der Waals surface area (Å²) in [5, 5.41) is 2.49. The molecular formula is C13H15F4NO2. The number of benzene rings is 1. The van der Waals surface area contributed by atoms with Gasteiger partial charge in [-0.1, -0.05) is 18.2 Å². The highest BCUT2D eigenvalue weighted by atomic mass is 19.4. The molecule has 0 aliphatic heterocycles. The maximum atomic E-state index is 13.2. The SMILES string of the molecule is O=C(CCOCC(F)(F)F)NCCc1ccccc1F. The summed E-state index contributed by atoms with van der Waals surface area (Å²) in [7, 11) is 0. The molecule has 7 heteroatoms. The molecule has 20 heavy (non-hydrogen) atoms. The molecule has 0 saturated heterocycles. The van der Waals surface area contributed by atoms with E-state index in [2.05, 4.69) is 10.1 Å². The van der Waals surface area contributed by atoms with Gasteiger partial charge in [0, 0.05) is 13.0 Å². The zero-order valence-corrected chi connectivity index (χ0v) is 10.7. The summed E-state index contributed by atoms with van der Waals surface area (Å²) in [6, 6.07) is 6.18. The molecule has 1 N–H and O–H groups in total. The van der Waals surface area contributed by atoms with Crippen molar-refractivity contribution in [2.75, 3.05) is 19.8 Å². The van der Waals surface area contributed by atoms with Crippen LogP contribution in [0.2, 0.25) is 0 Å². The Morgan fingerprint density at radius 2 is 1.95 bits per heavy atom. The van der Waals surface area contributed by atoms with Crippen molar-refractivity contribution in [2.45, 2.75) is 19.0 Å². The van der Waals surface area contributed by atoms with Gasteiger partial charge in [0.1, 0.15) is 12.4 Å². The van der Waals surface area contributed by atoms with Gasteiger partial charge in [-0.25, -0.2) is 4.39 Å². The molecule has 0 unspecified atom stereocenters. The molecule has 0 spiro atoms. The van der Waals surface area contributed by atoms with Crippen molar-refractivity contribution >= 4 is 5.91 Å². The first-order valence-corrected chi connectivity index (χ1v) is 6.03. The molecule has 0 aliphatic carbocycles. The third-order valence-electron chi connectivity index (χ3n) is 2.41. The predicted molar refractivity (Wildman–Crippen MR) is 64.6 cm³/mol. The second-order valence-corrected chi connectivity index (χ2v) is 4.11. The standard InChI is InChI=1S/C13H15F4NO2/c14-11-4-2-1-3-10(11)5-7-18-12(19)6-8-20-9-13(15,16)17/h1-4H,5-9H2,(H,18,19). The van der Waals surface area contributed by atoms with Crippen molar-refractivity contribution in [3.63, 3.8) is 0 Å². The maximum absolute atomic E-state index is 13.2. The Morgan fingerprint density at radius 3 is 2.60 bits per heavy atom. The second-order valence-electron chi connectivity index (χ2n) is 4.11. The van der Waals surface area contributed by atoms with Gasteiger partial charge < -0.3 is 10.1 Å². The number of nitrogens with one attached hydrogen (secondary N) is 1. The molecule has 0 aromatic heterocycles. The third kappa shape index (κ3) is 7.08. The van der Waals surface area contributed by atoms with Crippen LogP contribution in [0.5, 0.6) is 0 Å². The molecule has 0 radical (unpaired) electrons. The zero-order chi connectivity index (χ0) is 15.0. The molecule has 0 fully saturated rings. The molecule has 3 nitrogen and oxygen atoms in total. The van der Waals surface area contributed by atoms with Gasteiger partial charge in [0.15, 0.2) is 0 Å². The van der Waals surface area contributed by atoms with Gasteiger partial charge in [0.25, 0.3) is 0 Å². The number of carbonyl (C=O) groups is 1. The van der Waals surface area contributed by atoms with Crippen LogP contribution >= 0.6 is 0 Å². The van der Waals surface area contributed by atoms with E-state index in [4.69, 9.17) is 0 Å². The molecule has 112 valence electrons. The van der Waals surface area contributed by atoms with E-state index in [0.717, 1.165) is 0 Å². The lowest BCUT2D eigenvalue weighted by Crippen LogP contribution is -2.27. The van der Waals surface area contributed by atoms with Crippen molar-refractivity contribution in [2.24, 2.45) is 0 Å². The van der Waals surface area contributed by atoms with Gasteiger partial charge in [-0.2, -0.15) is 13.2 Å². The Labute approximate surface area is 113 Å². The Balaban J connectivity index is 2.13. The van der Waals surface area contributed by atoms with Gasteiger partial charge in [-0.15, -0.1) is 0 Å². The number of hydrogen-bond acceptors (Lipinski definition) is 2. The number of ether oxygens (including phenoxy) is 1. The van der Waals surface area contributed by atoms with Crippen LogP contribution in [0.1, 0.15) is 12.0 Å². The lowest BCUT2D eigenvalue weighted by Gasteiger charge is -2.08. The molecule has 1 aromatic carbocycles. The number of alkyl halides is 3. The van der Waals surface area contributed by atoms with Crippen molar-refractivity contribution in [1.82, 2.24) is 5.32 Å². The number of hydrogen-bond donors (Lipinski definition) is 1. The fourth-order valence-electron chi connectivity index (χ4n) is 1.48. The van der Waals surface area contributed by atoms with E-state index < -0.39 is 18.7 Å². The van der Waals surface area contributed by atoms with Crippen LogP contribution in [0.3, 0.4) is 0 Å². The summed E-state index contributed by atoms with van der Waals surface area (Å²) in [5.41, 5.74) is 0.473. The lowest BCUT2D eigenvalue weighted by molar-refractivity contribution is -0.174. The predicted octanol–water partition coefficient (Wildman–Crippen LogP) is 2.45. The van der Waals surface area contributed by atoms with E-state index in [-0.39, 0.29) is 25.4 Å². The average molecular weight is 293 g/mol. The molecule has 1 rings (SSSR count). The Kier molecular flexibility index (Phi) is 6.44. The molecule has 1 aromatic rings. The molecule has 0 bridgehead atoms. The van der Waals surface area contributed by atoms with E-state index in [1.54, 1.807) is 18.2 Å². The van der Waals surface area contributed by atoms with Crippen LogP contribution in [0, 0.1) is 5.82 Å². The molecule has 0 aliphatic rings. The van der Waals surface area contributed by atoms with Crippen molar-refractivity contribution in [3.8, 4) is 0 Å². The summed E-state index contributed by atoms with van der Waals surface area (Å²) in [6.07, 6.45) is -4.23. The van der Waals surface area contributed by atoms with E-state index in [9.17, 15) is 22.4 Å². The zero-order valence-electron chi connectivity index (χ0n) is 10.7. The van der Waals surface area contributed by atoms with E-state index in [1.165, 1.54) is 6.07 Å². The minimum Gasteiger partial charge on any atom is -0.372 e. The first-order chi connectivity index (χ1) is 9.38. The largest absolute Gasteiger partial charge is 0.411 e. The van der Waals surface area contributed by atoms with Crippen molar-refractivity contribution in [3.05, 3.63) is 35.6 Å². The Hall–Kier alpha value is -1.63. The van der Waals surface area contributed by atoms with E-state index in [0.29, 0.717) is 12.0 Å². The monoisotopic (exact) mass is 293 g/mol. The molecular weight excluding hydrogens is 278 g/mol. The first-order valence-electron chi connectivity index (χ1n) is 6.03. The van der Waals surface area contributed by atoms with Gasteiger partial charge >= 0.3 is 6.18 Å². The Bertz CT molecular complexity index is 435. The van der Waals surface area contributed by atoms with Gasteiger partial charge in [0.05, 0.1) is 6.61 Å². The minimum atomic E-state index is -4.39.